The molecule has 0 heterocycles. The van der Waals surface area contributed by atoms with E-state index in [9.17, 15) is 9.59 Å². The maximum absolute atomic E-state index is 11.5. The Balaban J connectivity index is 2.47. The first-order chi connectivity index (χ1) is 9.04. The normalized spacial score (nSPS) is 11.7. The number of carbonyl (C=O) groups excluding carboxylic acids is 1. The highest BCUT2D eigenvalue weighted by Crippen LogP contribution is 2.15. The number of amides is 2. The van der Waals surface area contributed by atoms with Crippen molar-refractivity contribution in [1.82, 2.24) is 10.6 Å². The summed E-state index contributed by atoms with van der Waals surface area (Å²) in [6.07, 6.45) is -0.0300. The summed E-state index contributed by atoms with van der Waals surface area (Å²) >= 11 is 3.35. The van der Waals surface area contributed by atoms with Gasteiger partial charge in [0, 0.05) is 24.0 Å². The van der Waals surface area contributed by atoms with Crippen LogP contribution in [0, 0.1) is 0 Å². The standard InChI is InChI=1S/C12H15BrN2O4/c13-9-4-2-1-3-8(9)7-14-12(19)15-10(5-6-16)11(17)18/h1-4,10,16H,5-7H2,(H,17,18)(H2,14,15,19)/t10-/m0/s1. The van der Waals surface area contributed by atoms with Crippen LogP contribution in [0.4, 0.5) is 4.79 Å². The van der Waals surface area contributed by atoms with Gasteiger partial charge in [-0.2, -0.15) is 0 Å². The van der Waals surface area contributed by atoms with Crippen molar-refractivity contribution in [2.24, 2.45) is 0 Å². The molecule has 0 aliphatic rings. The molecule has 2 amide bonds. The van der Waals surface area contributed by atoms with Crippen molar-refractivity contribution in [3.05, 3.63) is 34.3 Å². The number of carbonyl (C=O) groups is 2. The van der Waals surface area contributed by atoms with Crippen molar-refractivity contribution in [2.45, 2.75) is 19.0 Å². The van der Waals surface area contributed by atoms with Crippen LogP contribution in [0.25, 0.3) is 0 Å². The van der Waals surface area contributed by atoms with Crippen LogP contribution in [0.2, 0.25) is 0 Å². The Morgan fingerprint density at radius 2 is 2.00 bits per heavy atom. The summed E-state index contributed by atoms with van der Waals surface area (Å²) in [5, 5.41) is 22.4. The molecule has 1 aromatic carbocycles. The van der Waals surface area contributed by atoms with Crippen molar-refractivity contribution in [2.75, 3.05) is 6.61 Å². The number of rotatable bonds is 6. The number of hydrogen-bond acceptors (Lipinski definition) is 3. The topological polar surface area (TPSA) is 98.7 Å². The monoisotopic (exact) mass is 330 g/mol. The zero-order chi connectivity index (χ0) is 14.3. The second kappa shape index (κ2) is 7.75. The van der Waals surface area contributed by atoms with E-state index < -0.39 is 18.0 Å². The van der Waals surface area contributed by atoms with E-state index in [0.717, 1.165) is 10.0 Å². The number of carboxylic acids is 1. The maximum atomic E-state index is 11.5. The Bertz CT molecular complexity index is 453. The molecule has 104 valence electrons. The Morgan fingerprint density at radius 1 is 1.32 bits per heavy atom. The molecule has 1 atom stereocenters. The molecule has 0 aromatic heterocycles. The van der Waals surface area contributed by atoms with Crippen molar-refractivity contribution in [1.29, 1.82) is 0 Å². The second-order valence-corrected chi connectivity index (χ2v) is 4.68. The Labute approximate surface area is 118 Å². The lowest BCUT2D eigenvalue weighted by molar-refractivity contribution is -0.139. The van der Waals surface area contributed by atoms with Crippen LogP contribution >= 0.6 is 15.9 Å². The van der Waals surface area contributed by atoms with Gasteiger partial charge in [0.25, 0.3) is 0 Å². The molecule has 4 N–H and O–H groups in total. The number of hydrogen-bond donors (Lipinski definition) is 4. The SMILES string of the molecule is O=C(NCc1ccccc1Br)N[C@@H](CCO)C(=O)O. The molecule has 0 aliphatic heterocycles. The molecule has 0 radical (unpaired) electrons. The number of aliphatic hydroxyl groups excluding tert-OH is 1. The Morgan fingerprint density at radius 3 is 2.58 bits per heavy atom. The molecule has 19 heavy (non-hydrogen) atoms. The van der Waals surface area contributed by atoms with Gasteiger partial charge in [-0.3, -0.25) is 0 Å². The summed E-state index contributed by atoms with van der Waals surface area (Å²) in [6, 6.07) is 5.70. The maximum Gasteiger partial charge on any atom is 0.326 e. The van der Waals surface area contributed by atoms with Gasteiger partial charge < -0.3 is 20.8 Å². The van der Waals surface area contributed by atoms with Crippen LogP contribution < -0.4 is 10.6 Å². The third kappa shape index (κ3) is 5.27. The first kappa shape index (κ1) is 15.5. The third-order valence-electron chi connectivity index (χ3n) is 2.42. The summed E-state index contributed by atoms with van der Waals surface area (Å²) < 4.78 is 0.862. The minimum absolute atomic E-state index is 0.0300. The summed E-state index contributed by atoms with van der Waals surface area (Å²) in [5.41, 5.74) is 0.881. The minimum atomic E-state index is -1.18. The van der Waals surface area contributed by atoms with Gasteiger partial charge in [0.05, 0.1) is 0 Å². The summed E-state index contributed by atoms with van der Waals surface area (Å²) in [5.74, 6) is -1.18. The summed E-state index contributed by atoms with van der Waals surface area (Å²) in [4.78, 5) is 22.3. The fourth-order valence-corrected chi connectivity index (χ4v) is 1.84. The molecule has 0 unspecified atom stereocenters. The fourth-order valence-electron chi connectivity index (χ4n) is 1.41. The number of carboxylic acid groups (broad SMARTS) is 1. The van der Waals surface area contributed by atoms with E-state index >= 15 is 0 Å². The van der Waals surface area contributed by atoms with Crippen LogP contribution in [0.3, 0.4) is 0 Å². The first-order valence-corrected chi connectivity index (χ1v) is 6.45. The summed E-state index contributed by atoms with van der Waals surface area (Å²) in [7, 11) is 0. The molecular weight excluding hydrogens is 316 g/mol. The van der Waals surface area contributed by atoms with Crippen LogP contribution in [-0.4, -0.2) is 34.9 Å². The molecule has 0 bridgehead atoms. The van der Waals surface area contributed by atoms with Gasteiger partial charge in [-0.1, -0.05) is 34.1 Å². The van der Waals surface area contributed by atoms with Gasteiger partial charge in [0.2, 0.25) is 0 Å². The van der Waals surface area contributed by atoms with Crippen LogP contribution in [0.5, 0.6) is 0 Å². The lowest BCUT2D eigenvalue weighted by atomic mass is 10.2. The molecule has 1 rings (SSSR count). The number of nitrogens with one attached hydrogen (secondary N) is 2. The average Bonchev–Trinajstić information content (AvgIpc) is 2.37. The van der Waals surface area contributed by atoms with E-state index in [2.05, 4.69) is 26.6 Å². The Hall–Kier alpha value is -1.60. The van der Waals surface area contributed by atoms with E-state index in [1.165, 1.54) is 0 Å². The van der Waals surface area contributed by atoms with E-state index in [1.807, 2.05) is 24.3 Å². The van der Waals surface area contributed by atoms with Crippen molar-refractivity contribution >= 4 is 27.9 Å². The Kier molecular flexibility index (Phi) is 6.31. The van der Waals surface area contributed by atoms with Crippen molar-refractivity contribution in [3.8, 4) is 0 Å². The second-order valence-electron chi connectivity index (χ2n) is 3.82. The lowest BCUT2D eigenvalue weighted by Gasteiger charge is -2.14. The van der Waals surface area contributed by atoms with Crippen LogP contribution in [0.1, 0.15) is 12.0 Å². The number of benzene rings is 1. The predicted octanol–water partition coefficient (Wildman–Crippen LogP) is 1.08. The van der Waals surface area contributed by atoms with Crippen LogP contribution in [0.15, 0.2) is 28.7 Å². The van der Waals surface area contributed by atoms with Crippen molar-refractivity contribution in [3.63, 3.8) is 0 Å². The molecule has 6 nitrogen and oxygen atoms in total. The molecule has 1 aromatic rings. The molecule has 0 aliphatic carbocycles. The van der Waals surface area contributed by atoms with E-state index in [1.54, 1.807) is 0 Å². The number of aliphatic hydroxyl groups is 1. The summed E-state index contributed by atoms with van der Waals surface area (Å²) in [6.45, 7) is -0.0276. The fraction of sp³-hybridized carbons (Fsp3) is 0.333. The number of urea groups is 1. The quantitative estimate of drug-likeness (QED) is 0.627. The van der Waals surface area contributed by atoms with Gasteiger partial charge in [0.1, 0.15) is 6.04 Å². The van der Waals surface area contributed by atoms with Gasteiger partial charge in [0.15, 0.2) is 0 Å². The predicted molar refractivity (Wildman–Crippen MR) is 72.6 cm³/mol. The van der Waals surface area contributed by atoms with E-state index in [4.69, 9.17) is 10.2 Å². The lowest BCUT2D eigenvalue weighted by Crippen LogP contribution is -2.46. The molecule has 0 saturated heterocycles. The highest BCUT2D eigenvalue weighted by Gasteiger charge is 2.18. The third-order valence-corrected chi connectivity index (χ3v) is 3.19. The molecule has 0 fully saturated rings. The molecule has 0 spiro atoms. The van der Waals surface area contributed by atoms with Gasteiger partial charge in [-0.15, -0.1) is 0 Å². The average molecular weight is 331 g/mol. The largest absolute Gasteiger partial charge is 0.480 e. The van der Waals surface area contributed by atoms with E-state index in [-0.39, 0.29) is 19.6 Å². The minimum Gasteiger partial charge on any atom is -0.480 e. The van der Waals surface area contributed by atoms with Crippen LogP contribution in [-0.2, 0) is 11.3 Å². The van der Waals surface area contributed by atoms with Gasteiger partial charge >= 0.3 is 12.0 Å². The zero-order valence-corrected chi connectivity index (χ0v) is 11.7. The molecule has 0 saturated carbocycles. The highest BCUT2D eigenvalue weighted by atomic mass is 79.9. The van der Waals surface area contributed by atoms with Crippen molar-refractivity contribution < 1.29 is 19.8 Å². The molecular formula is C12H15BrN2O4. The number of aliphatic carboxylic acids is 1. The van der Waals surface area contributed by atoms with Gasteiger partial charge in [-0.05, 0) is 11.6 Å². The smallest absolute Gasteiger partial charge is 0.326 e. The first-order valence-electron chi connectivity index (χ1n) is 5.66. The van der Waals surface area contributed by atoms with Gasteiger partial charge in [-0.25, -0.2) is 9.59 Å². The van der Waals surface area contributed by atoms with E-state index in [0.29, 0.717) is 0 Å². The number of halogens is 1. The molecule has 7 heteroatoms. The highest BCUT2D eigenvalue weighted by molar-refractivity contribution is 9.10. The zero-order valence-electron chi connectivity index (χ0n) is 10.1.